The van der Waals surface area contributed by atoms with Gasteiger partial charge in [-0.25, -0.2) is 5.43 Å². The fourth-order valence-electron chi connectivity index (χ4n) is 2.41. The van der Waals surface area contributed by atoms with Crippen LogP contribution in [0.1, 0.15) is 22.8 Å². The van der Waals surface area contributed by atoms with Crippen LogP contribution in [0, 0.1) is 3.77 Å². The van der Waals surface area contributed by atoms with Gasteiger partial charge in [-0.15, -0.1) is 0 Å². The van der Waals surface area contributed by atoms with Gasteiger partial charge in [-0.05, 0) is 45.9 Å². The van der Waals surface area contributed by atoms with E-state index in [1.165, 1.54) is 6.21 Å². The van der Waals surface area contributed by atoms with Crippen LogP contribution >= 0.6 is 22.6 Å². The summed E-state index contributed by atoms with van der Waals surface area (Å²) in [5.41, 5.74) is 4.45. The smallest absolute Gasteiger partial charge is 0.252 e. The van der Waals surface area contributed by atoms with Crippen LogP contribution in [0.25, 0.3) is 0 Å². The molecule has 0 bridgehead atoms. The molecule has 5 heteroatoms. The molecule has 1 amide bonds. The van der Waals surface area contributed by atoms with E-state index < -0.39 is 5.92 Å². The van der Waals surface area contributed by atoms with Crippen molar-refractivity contribution in [2.45, 2.75) is 5.92 Å². The molecule has 3 aromatic rings. The van der Waals surface area contributed by atoms with Crippen molar-refractivity contribution in [3.05, 3.63) is 93.5 Å². The van der Waals surface area contributed by atoms with Crippen LogP contribution in [0.5, 0.6) is 0 Å². The molecule has 0 atom stereocenters. The molecule has 24 heavy (non-hydrogen) atoms. The number of halogens is 1. The Hall–Kier alpha value is -2.41. The summed E-state index contributed by atoms with van der Waals surface area (Å²) < 4.78 is 6.15. The van der Waals surface area contributed by atoms with Gasteiger partial charge in [-0.3, -0.25) is 4.79 Å². The highest BCUT2D eigenvalue weighted by Crippen LogP contribution is 2.24. The van der Waals surface area contributed by atoms with Crippen molar-refractivity contribution >= 4 is 34.7 Å². The third kappa shape index (κ3) is 4.11. The minimum absolute atomic E-state index is 0.190. The van der Waals surface area contributed by atoms with Gasteiger partial charge in [0.1, 0.15) is 5.76 Å². The zero-order valence-corrected chi connectivity index (χ0v) is 14.9. The van der Waals surface area contributed by atoms with Gasteiger partial charge in [0, 0.05) is 0 Å². The Balaban J connectivity index is 1.80. The number of amides is 1. The Morgan fingerprint density at radius 3 is 2.04 bits per heavy atom. The third-order valence-electron chi connectivity index (χ3n) is 3.49. The van der Waals surface area contributed by atoms with Gasteiger partial charge >= 0.3 is 0 Å². The molecule has 0 spiro atoms. The first kappa shape index (κ1) is 16.4. The SMILES string of the molecule is O=C(N/N=C\c1ccc(I)o1)C(c1ccccc1)c1ccccc1. The minimum Gasteiger partial charge on any atom is -0.449 e. The quantitative estimate of drug-likeness (QED) is 0.376. The molecule has 0 aliphatic carbocycles. The van der Waals surface area contributed by atoms with Crippen LogP contribution in [-0.4, -0.2) is 12.1 Å². The average Bonchev–Trinajstić information content (AvgIpc) is 3.02. The molecule has 0 unspecified atom stereocenters. The molecule has 0 aliphatic heterocycles. The predicted octanol–water partition coefficient (Wildman–Crippen LogP) is 4.17. The van der Waals surface area contributed by atoms with Crippen molar-refractivity contribution in [1.82, 2.24) is 5.43 Å². The second-order valence-corrected chi connectivity index (χ2v) is 6.19. The molecule has 0 fully saturated rings. The Morgan fingerprint density at radius 2 is 1.54 bits per heavy atom. The Labute approximate surface area is 153 Å². The first-order chi connectivity index (χ1) is 11.7. The van der Waals surface area contributed by atoms with Crippen LogP contribution in [0.2, 0.25) is 0 Å². The lowest BCUT2D eigenvalue weighted by molar-refractivity contribution is -0.121. The standard InChI is InChI=1S/C19H15IN2O2/c20-17-12-11-16(24-17)13-21-22-19(23)18(14-7-3-1-4-8-14)15-9-5-2-6-10-15/h1-13,18H,(H,22,23)/b21-13-. The van der Waals surface area contributed by atoms with Crippen LogP contribution in [0.4, 0.5) is 0 Å². The normalized spacial score (nSPS) is 11.1. The lowest BCUT2D eigenvalue weighted by Crippen LogP contribution is -2.26. The first-order valence-corrected chi connectivity index (χ1v) is 8.50. The largest absolute Gasteiger partial charge is 0.449 e. The summed E-state index contributed by atoms with van der Waals surface area (Å²) in [6, 6.07) is 22.9. The summed E-state index contributed by atoms with van der Waals surface area (Å²) in [4.78, 5) is 12.7. The van der Waals surface area contributed by atoms with E-state index in [1.54, 1.807) is 6.07 Å². The molecule has 0 aliphatic rings. The van der Waals surface area contributed by atoms with Gasteiger partial charge < -0.3 is 4.42 Å². The van der Waals surface area contributed by atoms with E-state index in [0.717, 1.165) is 14.9 Å². The number of rotatable bonds is 5. The molecule has 1 aromatic heterocycles. The lowest BCUT2D eigenvalue weighted by Gasteiger charge is -2.16. The number of hydrogen-bond acceptors (Lipinski definition) is 3. The molecule has 0 radical (unpaired) electrons. The molecular formula is C19H15IN2O2. The van der Waals surface area contributed by atoms with Gasteiger partial charge in [0.05, 0.1) is 12.1 Å². The maximum absolute atomic E-state index is 12.7. The lowest BCUT2D eigenvalue weighted by atomic mass is 9.91. The van der Waals surface area contributed by atoms with E-state index in [0.29, 0.717) is 5.76 Å². The highest BCUT2D eigenvalue weighted by atomic mass is 127. The zero-order chi connectivity index (χ0) is 16.8. The number of hydrogen-bond donors (Lipinski definition) is 1. The second-order valence-electron chi connectivity index (χ2n) is 5.13. The summed E-state index contributed by atoms with van der Waals surface area (Å²) in [6.45, 7) is 0. The number of furan rings is 1. The molecule has 4 nitrogen and oxygen atoms in total. The van der Waals surface area contributed by atoms with Crippen LogP contribution in [0.15, 0.2) is 82.3 Å². The van der Waals surface area contributed by atoms with Gasteiger partial charge in [0.15, 0.2) is 3.77 Å². The fraction of sp³-hybridized carbons (Fsp3) is 0.0526. The summed E-state index contributed by atoms with van der Waals surface area (Å²) in [5.74, 6) is -0.0122. The molecule has 120 valence electrons. The topological polar surface area (TPSA) is 54.6 Å². The van der Waals surface area contributed by atoms with Crippen molar-refractivity contribution in [3.8, 4) is 0 Å². The van der Waals surface area contributed by atoms with Crippen molar-refractivity contribution < 1.29 is 9.21 Å². The highest BCUT2D eigenvalue weighted by molar-refractivity contribution is 14.1. The number of carbonyl (C=O) groups is 1. The molecule has 0 saturated carbocycles. The number of nitrogens with zero attached hydrogens (tertiary/aromatic N) is 1. The minimum atomic E-state index is -0.415. The van der Waals surface area contributed by atoms with Crippen molar-refractivity contribution in [2.24, 2.45) is 5.10 Å². The maximum Gasteiger partial charge on any atom is 0.252 e. The summed E-state index contributed by atoms with van der Waals surface area (Å²) >= 11 is 2.08. The molecule has 1 N–H and O–H groups in total. The molecule has 1 heterocycles. The van der Waals surface area contributed by atoms with E-state index in [2.05, 4.69) is 33.1 Å². The molecule has 3 rings (SSSR count). The summed E-state index contributed by atoms with van der Waals surface area (Å²) in [5, 5.41) is 4.01. The van der Waals surface area contributed by atoms with Gasteiger partial charge in [0.2, 0.25) is 0 Å². The zero-order valence-electron chi connectivity index (χ0n) is 12.7. The molecular weight excluding hydrogens is 415 g/mol. The number of hydrazone groups is 1. The van der Waals surface area contributed by atoms with Gasteiger partial charge in [0.25, 0.3) is 5.91 Å². The average molecular weight is 430 g/mol. The van der Waals surface area contributed by atoms with Crippen LogP contribution in [0.3, 0.4) is 0 Å². The van der Waals surface area contributed by atoms with E-state index in [-0.39, 0.29) is 5.91 Å². The van der Waals surface area contributed by atoms with Crippen molar-refractivity contribution in [1.29, 1.82) is 0 Å². The van der Waals surface area contributed by atoms with E-state index in [1.807, 2.05) is 66.7 Å². The maximum atomic E-state index is 12.7. The Bertz CT molecular complexity index is 789. The number of carbonyl (C=O) groups excluding carboxylic acids is 1. The van der Waals surface area contributed by atoms with Crippen molar-refractivity contribution in [2.75, 3.05) is 0 Å². The Kier molecular flexibility index (Phi) is 5.43. The first-order valence-electron chi connectivity index (χ1n) is 7.42. The number of benzene rings is 2. The van der Waals surface area contributed by atoms with E-state index in [4.69, 9.17) is 4.42 Å². The van der Waals surface area contributed by atoms with Gasteiger partial charge in [-0.2, -0.15) is 5.10 Å². The second kappa shape index (κ2) is 7.92. The van der Waals surface area contributed by atoms with Gasteiger partial charge in [-0.1, -0.05) is 60.7 Å². The van der Waals surface area contributed by atoms with E-state index >= 15 is 0 Å². The highest BCUT2D eigenvalue weighted by Gasteiger charge is 2.22. The molecule has 0 saturated heterocycles. The monoisotopic (exact) mass is 430 g/mol. The van der Waals surface area contributed by atoms with Crippen LogP contribution < -0.4 is 5.43 Å². The predicted molar refractivity (Wildman–Crippen MR) is 102 cm³/mol. The fourth-order valence-corrected chi connectivity index (χ4v) is 2.84. The third-order valence-corrected chi connectivity index (χ3v) is 4.07. The molecule has 2 aromatic carbocycles. The Morgan fingerprint density at radius 1 is 0.958 bits per heavy atom. The summed E-state index contributed by atoms with van der Waals surface area (Å²) in [6.07, 6.45) is 1.49. The van der Waals surface area contributed by atoms with E-state index in [9.17, 15) is 4.79 Å². The number of nitrogens with one attached hydrogen (secondary N) is 1. The van der Waals surface area contributed by atoms with Crippen LogP contribution in [-0.2, 0) is 4.79 Å². The van der Waals surface area contributed by atoms with Crippen molar-refractivity contribution in [3.63, 3.8) is 0 Å². The summed E-state index contributed by atoms with van der Waals surface area (Å²) in [7, 11) is 0.